The molecule has 0 aliphatic carbocycles. The van der Waals surface area contributed by atoms with E-state index in [0.29, 0.717) is 34.9 Å². The molecule has 2 N–H and O–H groups in total. The van der Waals surface area contributed by atoms with E-state index in [1.807, 2.05) is 0 Å². The van der Waals surface area contributed by atoms with Crippen molar-refractivity contribution in [2.45, 2.75) is 31.6 Å². The lowest BCUT2D eigenvalue weighted by Crippen LogP contribution is -2.36. The van der Waals surface area contributed by atoms with E-state index < -0.39 is 10.0 Å². The number of nitrogens with zero attached hydrogens (tertiary/aromatic N) is 1. The number of aryl methyl sites for hydroxylation is 2. The summed E-state index contributed by atoms with van der Waals surface area (Å²) in [7, 11) is -3.58. The molecule has 0 spiro atoms. The van der Waals surface area contributed by atoms with Crippen LogP contribution >= 0.6 is 0 Å². The smallest absolute Gasteiger partial charge is 0.265 e. The molecule has 0 radical (unpaired) electrons. The second-order valence-corrected chi connectivity index (χ2v) is 6.32. The van der Waals surface area contributed by atoms with Gasteiger partial charge in [0.25, 0.3) is 10.0 Å². The van der Waals surface area contributed by atoms with Gasteiger partial charge in [0.1, 0.15) is 0 Å². The zero-order valence-corrected chi connectivity index (χ0v) is 11.5. The zero-order valence-electron chi connectivity index (χ0n) is 10.6. The SMILES string of the molecule is Cc1cc(N)cc(C)c1S(=O)(=O)N1CCCCO1. The number of rotatable bonds is 2. The van der Waals surface area contributed by atoms with E-state index >= 15 is 0 Å². The molecule has 0 aromatic heterocycles. The second kappa shape index (κ2) is 4.87. The quantitative estimate of drug-likeness (QED) is 0.828. The summed E-state index contributed by atoms with van der Waals surface area (Å²) in [5.41, 5.74) is 7.59. The third kappa shape index (κ3) is 2.36. The Labute approximate surface area is 108 Å². The molecule has 100 valence electrons. The predicted molar refractivity (Wildman–Crippen MR) is 69.4 cm³/mol. The molecule has 5 nitrogen and oxygen atoms in total. The number of benzene rings is 1. The summed E-state index contributed by atoms with van der Waals surface area (Å²) in [6.07, 6.45) is 1.72. The summed E-state index contributed by atoms with van der Waals surface area (Å²) in [5.74, 6) is 0. The van der Waals surface area contributed by atoms with Gasteiger partial charge in [0, 0.05) is 12.2 Å². The van der Waals surface area contributed by atoms with E-state index in [1.165, 1.54) is 0 Å². The van der Waals surface area contributed by atoms with Crippen LogP contribution in [-0.2, 0) is 14.9 Å². The third-order valence-corrected chi connectivity index (χ3v) is 4.96. The van der Waals surface area contributed by atoms with Crippen LogP contribution in [0.25, 0.3) is 0 Å². The van der Waals surface area contributed by atoms with Crippen molar-refractivity contribution in [3.63, 3.8) is 0 Å². The number of anilines is 1. The van der Waals surface area contributed by atoms with Crippen LogP contribution in [0.5, 0.6) is 0 Å². The largest absolute Gasteiger partial charge is 0.399 e. The van der Waals surface area contributed by atoms with Crippen LogP contribution in [0, 0.1) is 13.8 Å². The average Bonchev–Trinajstić information content (AvgIpc) is 2.28. The molecule has 18 heavy (non-hydrogen) atoms. The minimum atomic E-state index is -3.58. The van der Waals surface area contributed by atoms with Crippen molar-refractivity contribution in [3.05, 3.63) is 23.3 Å². The number of hydroxylamine groups is 1. The summed E-state index contributed by atoms with van der Waals surface area (Å²) in [4.78, 5) is 5.56. The zero-order chi connectivity index (χ0) is 13.3. The maximum absolute atomic E-state index is 12.5. The van der Waals surface area contributed by atoms with Gasteiger partial charge in [0.05, 0.1) is 11.5 Å². The van der Waals surface area contributed by atoms with Gasteiger partial charge in [-0.1, -0.05) is 4.47 Å². The Kier molecular flexibility index (Phi) is 3.61. The Morgan fingerprint density at radius 2 is 1.83 bits per heavy atom. The van der Waals surface area contributed by atoms with Crippen LogP contribution in [0.1, 0.15) is 24.0 Å². The fourth-order valence-corrected chi connectivity index (χ4v) is 3.97. The molecule has 1 aliphatic heterocycles. The van der Waals surface area contributed by atoms with Crippen molar-refractivity contribution >= 4 is 15.7 Å². The molecule has 0 amide bonds. The fraction of sp³-hybridized carbons (Fsp3) is 0.500. The Morgan fingerprint density at radius 3 is 2.33 bits per heavy atom. The van der Waals surface area contributed by atoms with Crippen LogP contribution < -0.4 is 5.73 Å². The molecule has 1 saturated heterocycles. The van der Waals surface area contributed by atoms with E-state index in [-0.39, 0.29) is 0 Å². The monoisotopic (exact) mass is 270 g/mol. The van der Waals surface area contributed by atoms with E-state index in [1.54, 1.807) is 26.0 Å². The first-order valence-corrected chi connectivity index (χ1v) is 7.39. The van der Waals surface area contributed by atoms with Gasteiger partial charge < -0.3 is 5.73 Å². The van der Waals surface area contributed by atoms with Crippen molar-refractivity contribution in [1.29, 1.82) is 0 Å². The lowest BCUT2D eigenvalue weighted by atomic mass is 10.1. The van der Waals surface area contributed by atoms with Gasteiger partial charge in [-0.25, -0.2) is 8.42 Å². The van der Waals surface area contributed by atoms with E-state index in [4.69, 9.17) is 10.6 Å². The molecular weight excluding hydrogens is 252 g/mol. The molecule has 0 saturated carbocycles. The summed E-state index contributed by atoms with van der Waals surface area (Å²) >= 11 is 0. The van der Waals surface area contributed by atoms with Crippen LogP contribution in [0.2, 0.25) is 0 Å². The Balaban J connectivity index is 2.47. The topological polar surface area (TPSA) is 72.6 Å². The number of hydrogen-bond donors (Lipinski definition) is 1. The first kappa shape index (κ1) is 13.3. The van der Waals surface area contributed by atoms with Gasteiger partial charge in [-0.2, -0.15) is 0 Å². The van der Waals surface area contributed by atoms with Crippen molar-refractivity contribution in [1.82, 2.24) is 4.47 Å². The Morgan fingerprint density at radius 1 is 1.22 bits per heavy atom. The van der Waals surface area contributed by atoms with Gasteiger partial charge in [0.2, 0.25) is 0 Å². The van der Waals surface area contributed by atoms with Crippen LogP contribution in [0.15, 0.2) is 17.0 Å². The van der Waals surface area contributed by atoms with Crippen LogP contribution in [0.4, 0.5) is 5.69 Å². The molecule has 1 aromatic carbocycles. The molecule has 0 atom stereocenters. The summed E-state index contributed by atoms with van der Waals surface area (Å²) in [5, 5.41) is 0. The molecule has 6 heteroatoms. The third-order valence-electron chi connectivity index (χ3n) is 2.98. The minimum absolute atomic E-state index is 0.304. The molecule has 0 bridgehead atoms. The van der Waals surface area contributed by atoms with Crippen LogP contribution in [0.3, 0.4) is 0 Å². The van der Waals surface area contributed by atoms with Crippen molar-refractivity contribution in [2.75, 3.05) is 18.9 Å². The number of hydrogen-bond acceptors (Lipinski definition) is 4. The number of sulfonamides is 1. The second-order valence-electron chi connectivity index (χ2n) is 4.56. The summed E-state index contributed by atoms with van der Waals surface area (Å²) in [6, 6.07) is 3.34. The molecule has 1 heterocycles. The van der Waals surface area contributed by atoms with Crippen molar-refractivity contribution in [3.8, 4) is 0 Å². The highest BCUT2D eigenvalue weighted by Gasteiger charge is 2.30. The maximum Gasteiger partial charge on any atom is 0.265 e. The van der Waals surface area contributed by atoms with Gasteiger partial charge >= 0.3 is 0 Å². The normalized spacial score (nSPS) is 17.9. The summed E-state index contributed by atoms with van der Waals surface area (Å²) < 4.78 is 26.1. The van der Waals surface area contributed by atoms with E-state index in [2.05, 4.69) is 0 Å². The fourth-order valence-electron chi connectivity index (χ4n) is 2.26. The van der Waals surface area contributed by atoms with Crippen LogP contribution in [-0.4, -0.2) is 26.0 Å². The highest BCUT2D eigenvalue weighted by atomic mass is 32.2. The van der Waals surface area contributed by atoms with Crippen molar-refractivity contribution in [2.24, 2.45) is 0 Å². The highest BCUT2D eigenvalue weighted by Crippen LogP contribution is 2.27. The first-order chi connectivity index (χ1) is 8.43. The number of nitrogen functional groups attached to an aromatic ring is 1. The average molecular weight is 270 g/mol. The molecule has 0 unspecified atom stereocenters. The van der Waals surface area contributed by atoms with Gasteiger partial charge in [-0.05, 0) is 49.9 Å². The standard InChI is InChI=1S/C12H18N2O3S/c1-9-7-11(13)8-10(2)12(9)18(15,16)14-5-3-4-6-17-14/h7-8H,3-6,13H2,1-2H3. The van der Waals surface area contributed by atoms with Gasteiger partial charge in [-0.15, -0.1) is 0 Å². The first-order valence-electron chi connectivity index (χ1n) is 5.95. The molecule has 1 aliphatic rings. The van der Waals surface area contributed by atoms with Crippen molar-refractivity contribution < 1.29 is 13.3 Å². The van der Waals surface area contributed by atoms with E-state index in [9.17, 15) is 8.42 Å². The lowest BCUT2D eigenvalue weighted by Gasteiger charge is -2.26. The Hall–Kier alpha value is -1.11. The lowest BCUT2D eigenvalue weighted by molar-refractivity contribution is -0.108. The minimum Gasteiger partial charge on any atom is -0.399 e. The van der Waals surface area contributed by atoms with Gasteiger partial charge in [0.15, 0.2) is 0 Å². The van der Waals surface area contributed by atoms with Gasteiger partial charge in [-0.3, -0.25) is 4.84 Å². The summed E-state index contributed by atoms with van der Waals surface area (Å²) in [6.45, 7) is 4.36. The molecule has 1 aromatic rings. The van der Waals surface area contributed by atoms with E-state index in [0.717, 1.165) is 17.3 Å². The Bertz CT molecular complexity index is 525. The predicted octanol–water partition coefficient (Wildman–Crippen LogP) is 1.60. The molecule has 1 fully saturated rings. The number of nitrogens with two attached hydrogens (primary N) is 1. The molecular formula is C12H18N2O3S. The maximum atomic E-state index is 12.5. The molecule has 2 rings (SSSR count). The highest BCUT2D eigenvalue weighted by molar-refractivity contribution is 7.89.